The summed E-state index contributed by atoms with van der Waals surface area (Å²) in [6.07, 6.45) is 7.21. The number of hydrogen-bond acceptors (Lipinski definition) is 2. The van der Waals surface area contributed by atoms with Gasteiger partial charge in [-0.25, -0.2) is 4.39 Å². The maximum Gasteiger partial charge on any atom is 0.253 e. The predicted molar refractivity (Wildman–Crippen MR) is 95.0 cm³/mol. The van der Waals surface area contributed by atoms with E-state index in [0.29, 0.717) is 11.1 Å². The Morgan fingerprint density at radius 1 is 1.28 bits per heavy atom. The number of aryl methyl sites for hydroxylation is 2. The molecule has 5 heteroatoms. The Balaban J connectivity index is 1.65. The molecular weight excluding hydrogens is 317 g/mol. The average Bonchev–Trinajstić information content (AvgIpc) is 3.00. The number of nitrogens with zero attached hydrogens (tertiary/aromatic N) is 1. The molecule has 0 aliphatic heterocycles. The molecule has 0 saturated heterocycles. The van der Waals surface area contributed by atoms with Crippen molar-refractivity contribution in [3.8, 4) is 0 Å². The smallest absolute Gasteiger partial charge is 0.253 e. The summed E-state index contributed by atoms with van der Waals surface area (Å²) in [4.78, 5) is 20.1. The zero-order valence-corrected chi connectivity index (χ0v) is 14.1. The van der Waals surface area contributed by atoms with Crippen LogP contribution in [-0.2, 0) is 12.8 Å². The van der Waals surface area contributed by atoms with Gasteiger partial charge in [-0.05, 0) is 55.9 Å². The van der Waals surface area contributed by atoms with Crippen LogP contribution in [0.4, 0.5) is 4.39 Å². The summed E-state index contributed by atoms with van der Waals surface area (Å²) in [6, 6.07) is 6.90. The van der Waals surface area contributed by atoms with Gasteiger partial charge >= 0.3 is 0 Å². The summed E-state index contributed by atoms with van der Waals surface area (Å²) in [5.41, 5.74) is 4.77. The monoisotopic (exact) mass is 337 g/mol. The Bertz CT molecular complexity index is 947. The molecule has 0 saturated carbocycles. The Morgan fingerprint density at radius 3 is 2.96 bits per heavy atom. The van der Waals surface area contributed by atoms with Crippen molar-refractivity contribution in [2.75, 3.05) is 0 Å². The molecule has 0 radical (unpaired) electrons. The maximum absolute atomic E-state index is 13.3. The lowest BCUT2D eigenvalue weighted by molar-refractivity contribution is 0.0941. The molecule has 0 spiro atoms. The van der Waals surface area contributed by atoms with Gasteiger partial charge in [0.15, 0.2) is 0 Å². The van der Waals surface area contributed by atoms with Crippen LogP contribution in [0.5, 0.6) is 0 Å². The van der Waals surface area contributed by atoms with Crippen LogP contribution in [0.2, 0.25) is 0 Å². The molecule has 2 aromatic heterocycles. The summed E-state index contributed by atoms with van der Waals surface area (Å²) in [5.74, 6) is -0.571. The number of pyridine rings is 1. The molecule has 1 aliphatic rings. The molecule has 1 aromatic carbocycles. The molecule has 3 aromatic rings. The summed E-state index contributed by atoms with van der Waals surface area (Å²) in [5, 5.41) is 4.09. The number of halogens is 1. The largest absolute Gasteiger partial charge is 0.358 e. The standard InChI is InChI=1S/C20H20FN3O/c1-12(13-9-14(21)11-22-10-13)23-20(25)17-7-4-6-16-15-5-2-3-8-18(15)24-19(16)17/h4,6-7,9-12,24H,2-3,5,8H2,1H3,(H,23,25). The summed E-state index contributed by atoms with van der Waals surface area (Å²) in [6.45, 7) is 1.83. The lowest BCUT2D eigenvalue weighted by Crippen LogP contribution is -2.27. The van der Waals surface area contributed by atoms with Crippen LogP contribution in [-0.4, -0.2) is 15.9 Å². The molecule has 2 N–H and O–H groups in total. The Labute approximate surface area is 145 Å². The van der Waals surface area contributed by atoms with E-state index in [4.69, 9.17) is 0 Å². The number of rotatable bonds is 3. The Hall–Kier alpha value is -2.69. The minimum Gasteiger partial charge on any atom is -0.358 e. The molecule has 1 aliphatic carbocycles. The molecule has 1 amide bonds. The molecule has 4 rings (SSSR count). The van der Waals surface area contributed by atoms with Crippen LogP contribution in [0.25, 0.3) is 10.9 Å². The van der Waals surface area contributed by atoms with Crippen molar-refractivity contribution in [2.45, 2.75) is 38.6 Å². The fourth-order valence-corrected chi connectivity index (χ4v) is 3.64. The van der Waals surface area contributed by atoms with Crippen molar-refractivity contribution in [3.05, 3.63) is 64.9 Å². The number of hydrogen-bond donors (Lipinski definition) is 2. The number of carbonyl (C=O) groups excluding carboxylic acids is 1. The fraction of sp³-hybridized carbons (Fsp3) is 0.300. The van der Waals surface area contributed by atoms with E-state index in [-0.39, 0.29) is 11.9 Å². The number of amides is 1. The predicted octanol–water partition coefficient (Wildman–Crippen LogP) is 4.07. The Morgan fingerprint density at radius 2 is 2.12 bits per heavy atom. The molecule has 1 unspecified atom stereocenters. The minimum atomic E-state index is -0.405. The number of fused-ring (bicyclic) bond motifs is 3. The fourth-order valence-electron chi connectivity index (χ4n) is 3.64. The van der Waals surface area contributed by atoms with E-state index >= 15 is 0 Å². The van der Waals surface area contributed by atoms with Gasteiger partial charge in [-0.2, -0.15) is 0 Å². The van der Waals surface area contributed by atoms with Gasteiger partial charge in [-0.3, -0.25) is 9.78 Å². The second-order valence-corrected chi connectivity index (χ2v) is 6.65. The summed E-state index contributed by atoms with van der Waals surface area (Å²) < 4.78 is 13.3. The molecular formula is C20H20FN3O. The van der Waals surface area contributed by atoms with E-state index in [0.717, 1.165) is 29.9 Å². The molecule has 0 bridgehead atoms. The molecule has 4 nitrogen and oxygen atoms in total. The highest BCUT2D eigenvalue weighted by atomic mass is 19.1. The lowest BCUT2D eigenvalue weighted by Gasteiger charge is -2.14. The van der Waals surface area contributed by atoms with Crippen molar-refractivity contribution in [1.82, 2.24) is 15.3 Å². The topological polar surface area (TPSA) is 57.8 Å². The summed E-state index contributed by atoms with van der Waals surface area (Å²) >= 11 is 0. The van der Waals surface area contributed by atoms with E-state index in [1.54, 1.807) is 6.20 Å². The lowest BCUT2D eigenvalue weighted by atomic mass is 9.95. The number of nitrogens with one attached hydrogen (secondary N) is 2. The van der Waals surface area contributed by atoms with Gasteiger partial charge in [0.25, 0.3) is 5.91 Å². The number of aromatic nitrogens is 2. The highest BCUT2D eigenvalue weighted by Gasteiger charge is 2.20. The second-order valence-electron chi connectivity index (χ2n) is 6.65. The molecule has 25 heavy (non-hydrogen) atoms. The van der Waals surface area contributed by atoms with Crippen molar-refractivity contribution in [1.29, 1.82) is 0 Å². The van der Waals surface area contributed by atoms with Crippen LogP contribution in [0.1, 0.15) is 53.0 Å². The third kappa shape index (κ3) is 2.90. The van der Waals surface area contributed by atoms with Crippen LogP contribution in [0, 0.1) is 5.82 Å². The summed E-state index contributed by atoms with van der Waals surface area (Å²) in [7, 11) is 0. The van der Waals surface area contributed by atoms with E-state index < -0.39 is 5.82 Å². The highest BCUT2D eigenvalue weighted by Crippen LogP contribution is 2.31. The van der Waals surface area contributed by atoms with Crippen LogP contribution in [0.15, 0.2) is 36.7 Å². The molecule has 2 heterocycles. The van der Waals surface area contributed by atoms with Crippen LogP contribution < -0.4 is 5.32 Å². The SMILES string of the molecule is CC(NC(=O)c1cccc2c3c([nH]c12)CCCC3)c1cncc(F)c1. The third-order valence-corrected chi connectivity index (χ3v) is 4.95. The number of aromatic amines is 1. The van der Waals surface area contributed by atoms with Gasteiger partial charge in [0.2, 0.25) is 0 Å². The number of para-hydroxylation sites is 1. The van der Waals surface area contributed by atoms with E-state index in [2.05, 4.69) is 21.4 Å². The number of benzene rings is 1. The number of carbonyl (C=O) groups is 1. The minimum absolute atomic E-state index is 0.166. The first-order chi connectivity index (χ1) is 12.1. The van der Waals surface area contributed by atoms with Crippen LogP contribution in [0.3, 0.4) is 0 Å². The highest BCUT2D eigenvalue weighted by molar-refractivity contribution is 6.07. The first kappa shape index (κ1) is 15.8. The van der Waals surface area contributed by atoms with Crippen molar-refractivity contribution in [3.63, 3.8) is 0 Å². The normalized spacial score (nSPS) is 15.0. The van der Waals surface area contributed by atoms with E-state index in [9.17, 15) is 9.18 Å². The van der Waals surface area contributed by atoms with E-state index in [1.807, 2.05) is 19.1 Å². The number of H-pyrrole nitrogens is 1. The van der Waals surface area contributed by atoms with E-state index in [1.165, 1.54) is 30.2 Å². The van der Waals surface area contributed by atoms with Gasteiger partial charge in [0.1, 0.15) is 5.82 Å². The first-order valence-electron chi connectivity index (χ1n) is 8.67. The van der Waals surface area contributed by atoms with Gasteiger partial charge < -0.3 is 10.3 Å². The molecule has 0 fully saturated rings. The van der Waals surface area contributed by atoms with Crippen LogP contribution >= 0.6 is 0 Å². The van der Waals surface area contributed by atoms with Crippen molar-refractivity contribution < 1.29 is 9.18 Å². The van der Waals surface area contributed by atoms with Gasteiger partial charge in [-0.15, -0.1) is 0 Å². The molecule has 1 atom stereocenters. The molecule has 128 valence electrons. The maximum atomic E-state index is 13.3. The van der Waals surface area contributed by atoms with Crippen molar-refractivity contribution in [2.24, 2.45) is 0 Å². The van der Waals surface area contributed by atoms with Crippen molar-refractivity contribution >= 4 is 16.8 Å². The zero-order valence-electron chi connectivity index (χ0n) is 14.1. The first-order valence-corrected chi connectivity index (χ1v) is 8.67. The van der Waals surface area contributed by atoms with Gasteiger partial charge in [-0.1, -0.05) is 12.1 Å². The van der Waals surface area contributed by atoms with Gasteiger partial charge in [0.05, 0.1) is 23.3 Å². The third-order valence-electron chi connectivity index (χ3n) is 4.95. The van der Waals surface area contributed by atoms with Gasteiger partial charge in [0, 0.05) is 17.3 Å². The average molecular weight is 337 g/mol. The second kappa shape index (κ2) is 6.31. The quantitative estimate of drug-likeness (QED) is 0.757. The Kier molecular flexibility index (Phi) is 3.99. The zero-order chi connectivity index (χ0) is 17.4.